The van der Waals surface area contributed by atoms with Gasteiger partial charge in [0.1, 0.15) is 11.3 Å². The maximum atomic E-state index is 12.8. The number of hydrogen-bond donors (Lipinski definition) is 2. The predicted octanol–water partition coefficient (Wildman–Crippen LogP) is 2.30. The summed E-state index contributed by atoms with van der Waals surface area (Å²) >= 11 is 0. The molecule has 0 saturated heterocycles. The average Bonchev–Trinajstić information content (AvgIpc) is 3.11. The molecule has 1 amide bonds. The summed E-state index contributed by atoms with van der Waals surface area (Å²) in [7, 11) is 1.24. The lowest BCUT2D eigenvalue weighted by atomic mass is 10.1. The Balaban J connectivity index is 1.83. The lowest BCUT2D eigenvalue weighted by Gasteiger charge is -2.13. The first kappa shape index (κ1) is 16.8. The third kappa shape index (κ3) is 2.55. The first-order valence-corrected chi connectivity index (χ1v) is 8.39. The number of ether oxygens (including phenoxy) is 1. The van der Waals surface area contributed by atoms with E-state index in [2.05, 4.69) is 5.32 Å². The first-order chi connectivity index (χ1) is 13.0. The van der Waals surface area contributed by atoms with Gasteiger partial charge in [0, 0.05) is 11.9 Å². The summed E-state index contributed by atoms with van der Waals surface area (Å²) < 4.78 is 6.21. The van der Waals surface area contributed by atoms with Gasteiger partial charge < -0.3 is 19.7 Å². The fraction of sp³-hybridized carbons (Fsp3) is 0.150. The molecule has 2 N–H and O–H groups in total. The Kier molecular flexibility index (Phi) is 3.92. The summed E-state index contributed by atoms with van der Waals surface area (Å²) in [6, 6.07) is 11.7. The van der Waals surface area contributed by atoms with Gasteiger partial charge in [0.2, 0.25) is 0 Å². The van der Waals surface area contributed by atoms with Gasteiger partial charge in [0.15, 0.2) is 0 Å². The van der Waals surface area contributed by atoms with E-state index in [9.17, 15) is 19.5 Å². The molecule has 1 aliphatic heterocycles. The van der Waals surface area contributed by atoms with Gasteiger partial charge in [-0.25, -0.2) is 4.79 Å². The minimum absolute atomic E-state index is 0.153. The molecule has 7 heteroatoms. The number of benzene rings is 2. The number of nitrogens with one attached hydrogen (secondary N) is 1. The molecule has 0 fully saturated rings. The summed E-state index contributed by atoms with van der Waals surface area (Å²) in [6.45, 7) is 0.452. The van der Waals surface area contributed by atoms with Gasteiger partial charge in [-0.3, -0.25) is 9.59 Å². The van der Waals surface area contributed by atoms with Gasteiger partial charge in [-0.2, -0.15) is 0 Å². The Morgan fingerprint density at radius 3 is 2.70 bits per heavy atom. The van der Waals surface area contributed by atoms with Crippen molar-refractivity contribution in [3.05, 3.63) is 69.5 Å². The van der Waals surface area contributed by atoms with E-state index < -0.39 is 17.4 Å². The zero-order valence-electron chi connectivity index (χ0n) is 14.5. The quantitative estimate of drug-likeness (QED) is 0.695. The van der Waals surface area contributed by atoms with Crippen LogP contribution in [0.25, 0.3) is 10.9 Å². The molecule has 0 bridgehead atoms. The van der Waals surface area contributed by atoms with Gasteiger partial charge in [-0.1, -0.05) is 24.3 Å². The lowest BCUT2D eigenvalue weighted by molar-refractivity contribution is 0.0602. The number of methoxy groups -OCH3 is 1. The summed E-state index contributed by atoms with van der Waals surface area (Å²) in [5.41, 5.74) is 1.07. The van der Waals surface area contributed by atoms with Crippen molar-refractivity contribution in [2.75, 3.05) is 12.4 Å². The van der Waals surface area contributed by atoms with Crippen LogP contribution in [0.5, 0.6) is 5.75 Å². The number of esters is 1. The second-order valence-electron chi connectivity index (χ2n) is 6.23. The number of carbonyl (C=O) groups excluding carboxylic acids is 2. The highest BCUT2D eigenvalue weighted by Gasteiger charge is 2.26. The van der Waals surface area contributed by atoms with Crippen LogP contribution in [0.2, 0.25) is 0 Å². The van der Waals surface area contributed by atoms with Crippen molar-refractivity contribution in [3.8, 4) is 5.75 Å². The fourth-order valence-electron chi connectivity index (χ4n) is 3.49. The number of aromatic hydroxyl groups is 1. The number of para-hydroxylation sites is 2. The minimum atomic E-state index is -0.781. The first-order valence-electron chi connectivity index (χ1n) is 8.39. The molecule has 136 valence electrons. The number of rotatable bonds is 3. The number of nitrogens with zero attached hydrogens (tertiary/aromatic N) is 1. The monoisotopic (exact) mass is 364 g/mol. The smallest absolute Gasteiger partial charge is 0.339 e. The highest BCUT2D eigenvalue weighted by atomic mass is 16.5. The van der Waals surface area contributed by atoms with Gasteiger partial charge in [-0.15, -0.1) is 0 Å². The molecule has 2 aromatic carbocycles. The van der Waals surface area contributed by atoms with E-state index in [1.165, 1.54) is 23.8 Å². The van der Waals surface area contributed by atoms with Crippen molar-refractivity contribution >= 4 is 28.5 Å². The molecule has 0 atom stereocenters. The highest BCUT2D eigenvalue weighted by molar-refractivity contribution is 6.11. The minimum Gasteiger partial charge on any atom is -0.506 e. The predicted molar refractivity (Wildman–Crippen MR) is 99.3 cm³/mol. The molecule has 1 aliphatic rings. The van der Waals surface area contributed by atoms with Crippen molar-refractivity contribution in [2.24, 2.45) is 0 Å². The average molecular weight is 364 g/mol. The molecule has 0 unspecified atom stereocenters. The molecule has 1 aromatic heterocycles. The van der Waals surface area contributed by atoms with Gasteiger partial charge in [0.05, 0.1) is 23.9 Å². The molecule has 0 spiro atoms. The van der Waals surface area contributed by atoms with E-state index in [0.29, 0.717) is 23.9 Å². The Morgan fingerprint density at radius 1 is 1.15 bits per heavy atom. The number of aromatic nitrogens is 1. The van der Waals surface area contributed by atoms with E-state index in [1.54, 1.807) is 24.3 Å². The van der Waals surface area contributed by atoms with E-state index in [0.717, 1.165) is 5.56 Å². The van der Waals surface area contributed by atoms with Crippen LogP contribution < -0.4 is 10.9 Å². The van der Waals surface area contributed by atoms with Crippen molar-refractivity contribution in [3.63, 3.8) is 0 Å². The molecule has 0 saturated carbocycles. The largest absolute Gasteiger partial charge is 0.506 e. The number of hydrogen-bond acceptors (Lipinski definition) is 5. The third-order valence-electron chi connectivity index (χ3n) is 4.75. The lowest BCUT2D eigenvalue weighted by Crippen LogP contribution is -2.29. The van der Waals surface area contributed by atoms with Gasteiger partial charge in [0.25, 0.3) is 11.5 Å². The SMILES string of the molecule is COC(=O)c1ccccc1NC(=O)c1c(O)c2cccc3c2n(c1=O)CC3. The Labute approximate surface area is 153 Å². The molecule has 2 heterocycles. The van der Waals surface area contributed by atoms with E-state index in [4.69, 9.17) is 4.74 Å². The molecule has 0 radical (unpaired) electrons. The van der Waals surface area contributed by atoms with Gasteiger partial charge in [-0.05, 0) is 30.2 Å². The van der Waals surface area contributed by atoms with Crippen LogP contribution in [0.3, 0.4) is 0 Å². The second kappa shape index (κ2) is 6.28. The Hall–Kier alpha value is -3.61. The summed E-state index contributed by atoms with van der Waals surface area (Å²) in [5.74, 6) is -1.76. The number of pyridine rings is 1. The maximum absolute atomic E-state index is 12.8. The molecule has 7 nitrogen and oxygen atoms in total. The normalized spacial score (nSPS) is 12.2. The summed E-state index contributed by atoms with van der Waals surface area (Å²) in [6.07, 6.45) is 0.669. The summed E-state index contributed by atoms with van der Waals surface area (Å²) in [5, 5.41) is 13.6. The van der Waals surface area contributed by atoms with Crippen LogP contribution in [0.15, 0.2) is 47.3 Å². The Bertz CT molecular complexity index is 1160. The van der Waals surface area contributed by atoms with Crippen molar-refractivity contribution < 1.29 is 19.4 Å². The van der Waals surface area contributed by atoms with Crippen LogP contribution in [-0.2, 0) is 17.7 Å². The van der Waals surface area contributed by atoms with E-state index in [-0.39, 0.29) is 22.6 Å². The van der Waals surface area contributed by atoms with E-state index in [1.807, 2.05) is 6.07 Å². The standard InChI is InChI=1S/C20H16N2O5/c1-27-20(26)12-6-2-3-8-14(12)21-18(24)15-17(23)13-7-4-5-11-9-10-22(16(11)13)19(15)25/h2-8,23H,9-10H2,1H3,(H,21,24). The van der Waals surface area contributed by atoms with Crippen molar-refractivity contribution in [2.45, 2.75) is 13.0 Å². The van der Waals surface area contributed by atoms with E-state index >= 15 is 0 Å². The van der Waals surface area contributed by atoms with Crippen LogP contribution in [0, 0.1) is 0 Å². The molecule has 4 rings (SSSR count). The van der Waals surface area contributed by atoms with Crippen LogP contribution in [0.1, 0.15) is 26.3 Å². The van der Waals surface area contributed by atoms with Crippen LogP contribution in [-0.4, -0.2) is 28.7 Å². The third-order valence-corrected chi connectivity index (χ3v) is 4.75. The number of carbonyl (C=O) groups is 2. The van der Waals surface area contributed by atoms with Gasteiger partial charge >= 0.3 is 5.97 Å². The zero-order valence-corrected chi connectivity index (χ0v) is 14.5. The molecule has 27 heavy (non-hydrogen) atoms. The highest BCUT2D eigenvalue weighted by Crippen LogP contribution is 2.32. The number of aryl methyl sites for hydroxylation is 2. The molecular weight excluding hydrogens is 348 g/mol. The molecule has 0 aliphatic carbocycles. The molecule has 3 aromatic rings. The fourth-order valence-corrected chi connectivity index (χ4v) is 3.49. The summed E-state index contributed by atoms with van der Waals surface area (Å²) in [4.78, 5) is 37.5. The topological polar surface area (TPSA) is 97.6 Å². The number of amides is 1. The van der Waals surface area contributed by atoms with Crippen LogP contribution in [0.4, 0.5) is 5.69 Å². The zero-order chi connectivity index (χ0) is 19.1. The van der Waals surface area contributed by atoms with Crippen molar-refractivity contribution in [1.82, 2.24) is 4.57 Å². The second-order valence-corrected chi connectivity index (χ2v) is 6.23. The number of anilines is 1. The Morgan fingerprint density at radius 2 is 1.93 bits per heavy atom. The molecular formula is C20H16N2O5. The maximum Gasteiger partial charge on any atom is 0.339 e. The van der Waals surface area contributed by atoms with Crippen molar-refractivity contribution in [1.29, 1.82) is 0 Å². The van der Waals surface area contributed by atoms with Crippen LogP contribution >= 0.6 is 0 Å².